The fourth-order valence-electron chi connectivity index (χ4n) is 1.29. The summed E-state index contributed by atoms with van der Waals surface area (Å²) in [6, 6.07) is 4.78. The van der Waals surface area contributed by atoms with Crippen LogP contribution in [0.1, 0.15) is 28.4 Å². The molecule has 0 amide bonds. The molecule has 0 saturated heterocycles. The van der Waals surface area contributed by atoms with Crippen molar-refractivity contribution in [3.8, 4) is 11.8 Å². The van der Waals surface area contributed by atoms with Gasteiger partial charge >= 0.3 is 0 Å². The molecule has 0 radical (unpaired) electrons. The zero-order chi connectivity index (χ0) is 10.0. The van der Waals surface area contributed by atoms with E-state index in [-0.39, 0.29) is 11.5 Å². The molecule has 0 saturated carbocycles. The summed E-state index contributed by atoms with van der Waals surface area (Å²) >= 11 is 0. The third kappa shape index (κ3) is 1.67. The Hall–Kier alpha value is -1.82. The molecule has 0 unspecified atom stereocenters. The van der Waals surface area contributed by atoms with Gasteiger partial charge < -0.3 is 5.11 Å². The summed E-state index contributed by atoms with van der Waals surface area (Å²) in [7, 11) is 0. The number of benzene rings is 1. The van der Waals surface area contributed by atoms with Crippen LogP contribution in [0.25, 0.3) is 0 Å². The first-order chi connectivity index (χ1) is 6.06. The van der Waals surface area contributed by atoms with E-state index in [1.807, 2.05) is 6.07 Å². The van der Waals surface area contributed by atoms with Crippen LogP contribution < -0.4 is 0 Å². The number of hydrogen-bond acceptors (Lipinski definition) is 3. The van der Waals surface area contributed by atoms with Gasteiger partial charge in [0.05, 0.1) is 17.2 Å². The highest BCUT2D eigenvalue weighted by atomic mass is 16.3. The van der Waals surface area contributed by atoms with Crippen molar-refractivity contribution in [2.75, 3.05) is 0 Å². The van der Waals surface area contributed by atoms with E-state index < -0.39 is 0 Å². The average molecular weight is 175 g/mol. The molecule has 0 spiro atoms. The Labute approximate surface area is 76.2 Å². The normalized spacial score (nSPS) is 9.31. The first-order valence-corrected chi connectivity index (χ1v) is 3.81. The minimum absolute atomic E-state index is 0.121. The van der Waals surface area contributed by atoms with Crippen LogP contribution in [-0.4, -0.2) is 10.9 Å². The van der Waals surface area contributed by atoms with Crippen molar-refractivity contribution >= 4 is 5.78 Å². The monoisotopic (exact) mass is 175 g/mol. The van der Waals surface area contributed by atoms with Crippen molar-refractivity contribution in [3.63, 3.8) is 0 Å². The summed E-state index contributed by atoms with van der Waals surface area (Å²) in [4.78, 5) is 11.0. The molecular formula is C10H9NO2. The predicted molar refractivity (Wildman–Crippen MR) is 47.6 cm³/mol. The van der Waals surface area contributed by atoms with Gasteiger partial charge in [0.2, 0.25) is 0 Å². The largest absolute Gasteiger partial charge is 0.507 e. The van der Waals surface area contributed by atoms with Gasteiger partial charge in [-0.15, -0.1) is 0 Å². The lowest BCUT2D eigenvalue weighted by atomic mass is 10.0. The van der Waals surface area contributed by atoms with Gasteiger partial charge in [-0.3, -0.25) is 4.79 Å². The molecule has 1 N–H and O–H groups in total. The Morgan fingerprint density at radius 2 is 2.15 bits per heavy atom. The maximum Gasteiger partial charge on any atom is 0.163 e. The van der Waals surface area contributed by atoms with Gasteiger partial charge in [0.15, 0.2) is 5.78 Å². The predicted octanol–water partition coefficient (Wildman–Crippen LogP) is 1.77. The minimum Gasteiger partial charge on any atom is -0.507 e. The smallest absolute Gasteiger partial charge is 0.163 e. The molecule has 0 aliphatic carbocycles. The van der Waals surface area contributed by atoms with Crippen LogP contribution in [-0.2, 0) is 0 Å². The van der Waals surface area contributed by atoms with Crippen LogP contribution in [0.3, 0.4) is 0 Å². The van der Waals surface area contributed by atoms with Gasteiger partial charge in [0.1, 0.15) is 5.75 Å². The van der Waals surface area contributed by atoms with Crippen LogP contribution in [0.5, 0.6) is 5.75 Å². The van der Waals surface area contributed by atoms with Gasteiger partial charge in [-0.2, -0.15) is 5.26 Å². The molecule has 3 nitrogen and oxygen atoms in total. The van der Waals surface area contributed by atoms with Crippen molar-refractivity contribution in [1.29, 1.82) is 5.26 Å². The van der Waals surface area contributed by atoms with E-state index in [2.05, 4.69) is 0 Å². The molecule has 1 rings (SSSR count). The Morgan fingerprint density at radius 3 is 2.54 bits per heavy atom. The van der Waals surface area contributed by atoms with E-state index >= 15 is 0 Å². The van der Waals surface area contributed by atoms with E-state index in [4.69, 9.17) is 5.26 Å². The molecule has 1 aromatic rings. The van der Waals surface area contributed by atoms with E-state index in [1.54, 1.807) is 13.0 Å². The highest BCUT2D eigenvalue weighted by Gasteiger charge is 2.10. The van der Waals surface area contributed by atoms with E-state index in [0.29, 0.717) is 16.7 Å². The third-order valence-corrected chi connectivity index (χ3v) is 1.80. The number of nitriles is 1. The van der Waals surface area contributed by atoms with Crippen molar-refractivity contribution < 1.29 is 9.90 Å². The van der Waals surface area contributed by atoms with Gasteiger partial charge in [0.25, 0.3) is 0 Å². The first kappa shape index (κ1) is 9.27. The molecular weight excluding hydrogens is 166 g/mol. The zero-order valence-electron chi connectivity index (χ0n) is 7.46. The Balaban J connectivity index is 3.42. The van der Waals surface area contributed by atoms with E-state index in [0.717, 1.165) is 0 Å². The number of nitrogens with zero attached hydrogens (tertiary/aromatic N) is 1. The Bertz CT molecular complexity index is 379. The molecule has 0 aliphatic heterocycles. The zero-order valence-corrected chi connectivity index (χ0v) is 7.46. The number of carbonyl (C=O) groups is 1. The molecule has 3 heteroatoms. The van der Waals surface area contributed by atoms with Crippen LogP contribution >= 0.6 is 0 Å². The molecule has 0 fully saturated rings. The van der Waals surface area contributed by atoms with Gasteiger partial charge in [-0.25, -0.2) is 0 Å². The molecule has 0 aromatic heterocycles. The Kier molecular flexibility index (Phi) is 2.34. The molecule has 1 aromatic carbocycles. The molecule has 0 heterocycles. The maximum atomic E-state index is 11.0. The highest BCUT2D eigenvalue weighted by Crippen LogP contribution is 2.23. The van der Waals surface area contributed by atoms with Crippen molar-refractivity contribution in [2.45, 2.75) is 13.8 Å². The van der Waals surface area contributed by atoms with Crippen LogP contribution in [0.4, 0.5) is 0 Å². The number of aromatic hydroxyl groups is 1. The number of phenols is 1. The quantitative estimate of drug-likeness (QED) is 0.661. The second-order valence-electron chi connectivity index (χ2n) is 2.86. The van der Waals surface area contributed by atoms with Gasteiger partial charge in [0, 0.05) is 0 Å². The number of carbonyl (C=O) groups excluding carboxylic acids is 1. The SMILES string of the molecule is CC(=O)c1c(C)cc(C#N)cc1O. The summed E-state index contributed by atoms with van der Waals surface area (Å²) in [5.41, 5.74) is 1.28. The maximum absolute atomic E-state index is 11.0. The first-order valence-electron chi connectivity index (χ1n) is 3.81. The standard InChI is InChI=1S/C10H9NO2/c1-6-3-8(5-11)4-9(13)10(6)7(2)12/h3-4,13H,1-2H3. The average Bonchev–Trinajstić information content (AvgIpc) is 2.02. The fraction of sp³-hybridized carbons (Fsp3) is 0.200. The summed E-state index contributed by atoms with van der Waals surface area (Å²) in [6.45, 7) is 3.07. The third-order valence-electron chi connectivity index (χ3n) is 1.80. The number of Topliss-reactive ketones (excluding diaryl/α,β-unsaturated/α-hetero) is 1. The number of aryl methyl sites for hydroxylation is 1. The lowest BCUT2D eigenvalue weighted by molar-refractivity contribution is 0.101. The summed E-state index contributed by atoms with van der Waals surface area (Å²) < 4.78 is 0. The van der Waals surface area contributed by atoms with Crippen molar-refractivity contribution in [1.82, 2.24) is 0 Å². The molecule has 0 atom stereocenters. The Morgan fingerprint density at radius 1 is 1.54 bits per heavy atom. The van der Waals surface area contributed by atoms with Gasteiger partial charge in [-0.05, 0) is 31.5 Å². The second-order valence-corrected chi connectivity index (χ2v) is 2.86. The van der Waals surface area contributed by atoms with E-state index in [9.17, 15) is 9.90 Å². The molecule has 0 aliphatic rings. The lowest BCUT2D eigenvalue weighted by Crippen LogP contribution is -1.97. The number of ketones is 1. The second kappa shape index (κ2) is 3.28. The van der Waals surface area contributed by atoms with Crippen LogP contribution in [0.15, 0.2) is 12.1 Å². The van der Waals surface area contributed by atoms with Crippen LogP contribution in [0, 0.1) is 18.3 Å². The van der Waals surface area contributed by atoms with Crippen molar-refractivity contribution in [3.05, 3.63) is 28.8 Å². The summed E-state index contributed by atoms with van der Waals surface area (Å²) in [6.07, 6.45) is 0. The lowest BCUT2D eigenvalue weighted by Gasteiger charge is -2.04. The molecule has 0 bridgehead atoms. The number of phenolic OH excluding ortho intramolecular Hbond substituents is 1. The highest BCUT2D eigenvalue weighted by molar-refractivity contribution is 5.98. The number of rotatable bonds is 1. The summed E-state index contributed by atoms with van der Waals surface area (Å²) in [5, 5.41) is 18.0. The van der Waals surface area contributed by atoms with Crippen LogP contribution in [0.2, 0.25) is 0 Å². The molecule has 13 heavy (non-hydrogen) atoms. The van der Waals surface area contributed by atoms with Crippen molar-refractivity contribution in [2.24, 2.45) is 0 Å². The topological polar surface area (TPSA) is 61.1 Å². The van der Waals surface area contributed by atoms with E-state index in [1.165, 1.54) is 13.0 Å². The van der Waals surface area contributed by atoms with Gasteiger partial charge in [-0.1, -0.05) is 0 Å². The minimum atomic E-state index is -0.195. The molecule has 66 valence electrons. The summed E-state index contributed by atoms with van der Waals surface area (Å²) in [5.74, 6) is -0.316. The fourth-order valence-corrected chi connectivity index (χ4v) is 1.29. The number of hydrogen-bond donors (Lipinski definition) is 1.